The summed E-state index contributed by atoms with van der Waals surface area (Å²) < 4.78 is 12.6. The summed E-state index contributed by atoms with van der Waals surface area (Å²) in [6, 6.07) is 20.8. The van der Waals surface area contributed by atoms with E-state index >= 15 is 0 Å². The van der Waals surface area contributed by atoms with Crippen molar-refractivity contribution in [2.75, 3.05) is 12.9 Å². The normalized spacial score (nSPS) is 14.7. The first kappa shape index (κ1) is 21.3. The van der Waals surface area contributed by atoms with Crippen LogP contribution in [0, 0.1) is 0 Å². The molecule has 0 aliphatic carbocycles. The van der Waals surface area contributed by atoms with Gasteiger partial charge in [0.15, 0.2) is 0 Å². The molecule has 0 spiro atoms. The SMILES string of the molecule is [2H]C(O)(CCC(CCSCc1ccccc1)SCc1ccccc1)CC(=O)OC. The van der Waals surface area contributed by atoms with Crippen molar-refractivity contribution >= 4 is 29.5 Å². The minimum absolute atomic E-state index is 0.262. The second-order valence-electron chi connectivity index (χ2n) is 6.60. The highest BCUT2D eigenvalue weighted by molar-refractivity contribution is 7.99. The first-order chi connectivity index (χ1) is 14.0. The van der Waals surface area contributed by atoms with Crippen molar-refractivity contribution in [1.82, 2.24) is 0 Å². The van der Waals surface area contributed by atoms with Crippen LogP contribution < -0.4 is 0 Å². The summed E-state index contributed by atoms with van der Waals surface area (Å²) >= 11 is 3.77. The van der Waals surface area contributed by atoms with Crippen molar-refractivity contribution in [2.45, 2.75) is 48.5 Å². The molecule has 0 amide bonds. The molecule has 0 radical (unpaired) electrons. The van der Waals surface area contributed by atoms with Gasteiger partial charge in [-0.05, 0) is 36.1 Å². The summed E-state index contributed by atoms with van der Waals surface area (Å²) in [6.45, 7) is 0. The molecule has 28 heavy (non-hydrogen) atoms. The molecule has 5 heteroatoms. The average molecular weight is 420 g/mol. The Hall–Kier alpha value is -1.43. The molecule has 2 rings (SSSR count). The molecule has 2 aromatic rings. The van der Waals surface area contributed by atoms with Gasteiger partial charge in [-0.25, -0.2) is 0 Å². The van der Waals surface area contributed by atoms with Crippen molar-refractivity contribution < 1.29 is 16.0 Å². The largest absolute Gasteiger partial charge is 0.469 e. The smallest absolute Gasteiger partial charge is 0.308 e. The first-order valence-electron chi connectivity index (χ1n) is 10.0. The first-order valence-corrected chi connectivity index (χ1v) is 11.8. The number of benzene rings is 2. The van der Waals surface area contributed by atoms with Gasteiger partial charge in [0, 0.05) is 16.8 Å². The molecule has 0 saturated carbocycles. The van der Waals surface area contributed by atoms with Crippen LogP contribution in [0.2, 0.25) is 0 Å². The number of aliphatic hydroxyl groups is 1. The van der Waals surface area contributed by atoms with Crippen LogP contribution in [0.3, 0.4) is 0 Å². The van der Waals surface area contributed by atoms with Crippen molar-refractivity contribution in [2.24, 2.45) is 0 Å². The number of esters is 1. The second-order valence-corrected chi connectivity index (χ2v) is 9.00. The van der Waals surface area contributed by atoms with Crippen LogP contribution in [-0.4, -0.2) is 35.3 Å². The van der Waals surface area contributed by atoms with Gasteiger partial charge in [-0.1, -0.05) is 60.7 Å². The van der Waals surface area contributed by atoms with Crippen molar-refractivity contribution in [3.8, 4) is 0 Å². The summed E-state index contributed by atoms with van der Waals surface area (Å²) in [5.74, 6) is 2.37. The quantitative estimate of drug-likeness (QED) is 0.352. The topological polar surface area (TPSA) is 46.5 Å². The van der Waals surface area contributed by atoms with Crippen LogP contribution in [0.25, 0.3) is 0 Å². The molecular formula is C23H30O3S2. The summed E-state index contributed by atoms with van der Waals surface area (Å²) in [4.78, 5) is 11.4. The summed E-state index contributed by atoms with van der Waals surface area (Å²) in [7, 11) is 1.28. The van der Waals surface area contributed by atoms with Gasteiger partial charge in [0.1, 0.15) is 0 Å². The van der Waals surface area contributed by atoms with E-state index in [1.807, 2.05) is 47.8 Å². The Balaban J connectivity index is 1.83. The average Bonchev–Trinajstić information content (AvgIpc) is 2.73. The molecule has 3 nitrogen and oxygen atoms in total. The Morgan fingerprint density at radius 2 is 1.61 bits per heavy atom. The molecule has 0 aromatic heterocycles. The van der Waals surface area contributed by atoms with E-state index in [9.17, 15) is 9.90 Å². The summed E-state index contributed by atoms with van der Waals surface area (Å²) in [6.07, 6.45) is -0.0975. The predicted molar refractivity (Wildman–Crippen MR) is 121 cm³/mol. The molecule has 0 aliphatic heterocycles. The van der Waals surface area contributed by atoms with E-state index in [4.69, 9.17) is 1.37 Å². The van der Waals surface area contributed by atoms with E-state index in [1.54, 1.807) is 0 Å². The van der Waals surface area contributed by atoms with Crippen LogP contribution >= 0.6 is 23.5 Å². The number of carbonyl (C=O) groups excluding carboxylic acids is 1. The van der Waals surface area contributed by atoms with Crippen LogP contribution in [0.4, 0.5) is 0 Å². The fraction of sp³-hybridized carbons (Fsp3) is 0.435. The minimum atomic E-state index is -1.77. The third-order valence-electron chi connectivity index (χ3n) is 4.36. The van der Waals surface area contributed by atoms with Crippen LogP contribution in [0.15, 0.2) is 60.7 Å². The highest BCUT2D eigenvalue weighted by Crippen LogP contribution is 2.27. The molecule has 0 saturated heterocycles. The number of methoxy groups -OCH3 is 1. The maximum atomic E-state index is 11.4. The summed E-state index contributed by atoms with van der Waals surface area (Å²) in [5.41, 5.74) is 2.60. The molecular weight excluding hydrogens is 388 g/mol. The third kappa shape index (κ3) is 9.67. The molecule has 2 unspecified atom stereocenters. The van der Waals surface area contributed by atoms with Crippen LogP contribution in [0.5, 0.6) is 0 Å². The Labute approximate surface area is 178 Å². The predicted octanol–water partition coefficient (Wildman–Crippen LogP) is 5.32. The number of hydrogen-bond donors (Lipinski definition) is 1. The van der Waals surface area contributed by atoms with Crippen LogP contribution in [0.1, 0.15) is 38.2 Å². The minimum Gasteiger partial charge on any atom is -0.469 e. The monoisotopic (exact) mass is 419 g/mol. The van der Waals surface area contributed by atoms with E-state index in [-0.39, 0.29) is 12.8 Å². The number of ether oxygens (including phenoxy) is 1. The molecule has 0 aliphatic rings. The highest BCUT2D eigenvalue weighted by atomic mass is 32.2. The number of thioether (sulfide) groups is 2. The molecule has 2 aromatic carbocycles. The Morgan fingerprint density at radius 3 is 2.21 bits per heavy atom. The highest BCUT2D eigenvalue weighted by Gasteiger charge is 2.16. The molecule has 0 heterocycles. The zero-order valence-corrected chi connectivity index (χ0v) is 18.0. The standard InChI is InChI=1S/C23H30O3S2/c1-26-23(25)16-21(24)12-13-22(28-18-20-10-6-3-7-11-20)14-15-27-17-19-8-4-2-5-9-19/h2-11,21-22,24H,12-18H2,1H3/i21D. The van der Waals surface area contributed by atoms with Crippen molar-refractivity contribution in [1.29, 1.82) is 0 Å². The summed E-state index contributed by atoms with van der Waals surface area (Å²) in [5, 5.41) is 10.5. The Kier molecular flexibility index (Phi) is 10.4. The number of rotatable bonds is 13. The van der Waals surface area contributed by atoms with Gasteiger partial charge in [-0.2, -0.15) is 23.5 Å². The fourth-order valence-corrected chi connectivity index (χ4v) is 5.10. The van der Waals surface area contributed by atoms with E-state index in [0.717, 1.165) is 23.7 Å². The van der Waals surface area contributed by atoms with Gasteiger partial charge in [-0.15, -0.1) is 0 Å². The van der Waals surface area contributed by atoms with Crippen molar-refractivity contribution in [3.05, 3.63) is 71.8 Å². The molecule has 1 N–H and O–H groups in total. The van der Waals surface area contributed by atoms with Gasteiger partial charge in [-0.3, -0.25) is 4.79 Å². The lowest BCUT2D eigenvalue weighted by molar-refractivity contribution is -0.142. The number of carbonyl (C=O) groups is 1. The lowest BCUT2D eigenvalue weighted by Crippen LogP contribution is -2.17. The van der Waals surface area contributed by atoms with Gasteiger partial charge in [0.05, 0.1) is 21.0 Å². The zero-order valence-electron chi connectivity index (χ0n) is 17.4. The molecule has 0 fully saturated rings. The van der Waals surface area contributed by atoms with Gasteiger partial charge >= 0.3 is 5.97 Å². The Bertz CT molecular complexity index is 711. The van der Waals surface area contributed by atoms with Crippen LogP contribution in [-0.2, 0) is 21.0 Å². The molecule has 0 bridgehead atoms. The fourth-order valence-electron chi connectivity index (χ4n) is 2.73. The second kappa shape index (κ2) is 13.7. The van der Waals surface area contributed by atoms with Gasteiger partial charge in [0.2, 0.25) is 0 Å². The van der Waals surface area contributed by atoms with E-state index in [1.165, 1.54) is 18.2 Å². The van der Waals surface area contributed by atoms with E-state index in [0.29, 0.717) is 11.7 Å². The van der Waals surface area contributed by atoms with Crippen molar-refractivity contribution in [3.63, 3.8) is 0 Å². The lowest BCUT2D eigenvalue weighted by atomic mass is 10.1. The number of hydrogen-bond acceptors (Lipinski definition) is 5. The maximum Gasteiger partial charge on any atom is 0.308 e. The van der Waals surface area contributed by atoms with Gasteiger partial charge in [0.25, 0.3) is 0 Å². The molecule has 2 atom stereocenters. The Morgan fingerprint density at radius 1 is 1.00 bits per heavy atom. The zero-order chi connectivity index (χ0) is 21.0. The molecule has 152 valence electrons. The van der Waals surface area contributed by atoms with Gasteiger partial charge < -0.3 is 9.84 Å². The third-order valence-corrected chi connectivity index (χ3v) is 6.86. The van der Waals surface area contributed by atoms with E-state index < -0.39 is 12.0 Å². The lowest BCUT2D eigenvalue weighted by Gasteiger charge is -2.18. The van der Waals surface area contributed by atoms with E-state index in [2.05, 4.69) is 41.1 Å². The maximum absolute atomic E-state index is 11.4.